The fourth-order valence-corrected chi connectivity index (χ4v) is 1.65. The molecule has 0 saturated carbocycles. The van der Waals surface area contributed by atoms with Crippen molar-refractivity contribution < 1.29 is 0 Å². The van der Waals surface area contributed by atoms with E-state index < -0.39 is 0 Å². The van der Waals surface area contributed by atoms with E-state index >= 15 is 0 Å². The van der Waals surface area contributed by atoms with Gasteiger partial charge in [-0.15, -0.1) is 0 Å². The van der Waals surface area contributed by atoms with Gasteiger partial charge in [0.2, 0.25) is 0 Å². The standard InChI is InChI=1S/C12H13ClN4/c1-17(8-10-2-4-14-5-3-10)9-11-6-16-12(13)7-15-11/h2-7H,8-9H2,1H3. The molecular formula is C12H13ClN4. The molecule has 0 bridgehead atoms. The summed E-state index contributed by atoms with van der Waals surface area (Å²) in [4.78, 5) is 14.4. The Morgan fingerprint density at radius 3 is 2.53 bits per heavy atom. The number of hydrogen-bond acceptors (Lipinski definition) is 4. The van der Waals surface area contributed by atoms with Crippen molar-refractivity contribution in [1.82, 2.24) is 19.9 Å². The Morgan fingerprint density at radius 2 is 1.88 bits per heavy atom. The first kappa shape index (κ1) is 12.0. The van der Waals surface area contributed by atoms with E-state index in [4.69, 9.17) is 11.6 Å². The van der Waals surface area contributed by atoms with Gasteiger partial charge in [-0.05, 0) is 24.7 Å². The van der Waals surface area contributed by atoms with Gasteiger partial charge in [0, 0.05) is 25.5 Å². The van der Waals surface area contributed by atoms with Gasteiger partial charge in [0.25, 0.3) is 0 Å². The van der Waals surface area contributed by atoms with E-state index in [9.17, 15) is 0 Å². The summed E-state index contributed by atoms with van der Waals surface area (Å²) >= 11 is 5.68. The summed E-state index contributed by atoms with van der Waals surface area (Å²) < 4.78 is 0. The zero-order chi connectivity index (χ0) is 12.1. The topological polar surface area (TPSA) is 41.9 Å². The van der Waals surface area contributed by atoms with Gasteiger partial charge in [-0.2, -0.15) is 0 Å². The van der Waals surface area contributed by atoms with E-state index in [0.717, 1.165) is 18.8 Å². The molecule has 0 atom stereocenters. The largest absolute Gasteiger partial charge is 0.296 e. The van der Waals surface area contributed by atoms with Gasteiger partial charge in [0.05, 0.1) is 18.1 Å². The third-order valence-electron chi connectivity index (χ3n) is 2.31. The van der Waals surface area contributed by atoms with Gasteiger partial charge >= 0.3 is 0 Å². The number of hydrogen-bond donors (Lipinski definition) is 0. The Kier molecular flexibility index (Phi) is 4.01. The minimum absolute atomic E-state index is 0.422. The van der Waals surface area contributed by atoms with Crippen LogP contribution in [0.4, 0.5) is 0 Å². The van der Waals surface area contributed by atoms with Gasteiger partial charge in [-0.25, -0.2) is 4.98 Å². The molecule has 0 aliphatic carbocycles. The molecule has 0 saturated heterocycles. The van der Waals surface area contributed by atoms with E-state index in [1.807, 2.05) is 19.2 Å². The molecule has 88 valence electrons. The van der Waals surface area contributed by atoms with Crippen LogP contribution in [0.2, 0.25) is 5.15 Å². The van der Waals surface area contributed by atoms with Gasteiger partial charge < -0.3 is 0 Å². The fourth-order valence-electron chi connectivity index (χ4n) is 1.55. The first-order valence-electron chi connectivity index (χ1n) is 5.28. The minimum atomic E-state index is 0.422. The summed E-state index contributed by atoms with van der Waals surface area (Å²) in [6.07, 6.45) is 6.86. The van der Waals surface area contributed by atoms with Crippen molar-refractivity contribution in [2.75, 3.05) is 7.05 Å². The smallest absolute Gasteiger partial charge is 0.147 e. The first-order valence-corrected chi connectivity index (χ1v) is 5.66. The van der Waals surface area contributed by atoms with E-state index in [1.54, 1.807) is 24.8 Å². The monoisotopic (exact) mass is 248 g/mol. The quantitative estimate of drug-likeness (QED) is 0.832. The maximum Gasteiger partial charge on any atom is 0.147 e. The molecule has 0 radical (unpaired) electrons. The summed E-state index contributed by atoms with van der Waals surface area (Å²) in [6.45, 7) is 1.60. The van der Waals surface area contributed by atoms with Crippen molar-refractivity contribution >= 4 is 11.6 Å². The number of pyridine rings is 1. The Bertz CT molecular complexity index is 458. The van der Waals surface area contributed by atoms with Crippen molar-refractivity contribution in [2.45, 2.75) is 13.1 Å². The highest BCUT2D eigenvalue weighted by Gasteiger charge is 2.03. The lowest BCUT2D eigenvalue weighted by Gasteiger charge is -2.15. The van der Waals surface area contributed by atoms with E-state index in [2.05, 4.69) is 19.9 Å². The maximum absolute atomic E-state index is 5.68. The van der Waals surface area contributed by atoms with Crippen LogP contribution < -0.4 is 0 Å². The van der Waals surface area contributed by atoms with Crippen LogP contribution in [0.15, 0.2) is 36.9 Å². The van der Waals surface area contributed by atoms with E-state index in [-0.39, 0.29) is 0 Å². The molecule has 0 N–H and O–H groups in total. The molecule has 0 aromatic carbocycles. The molecule has 17 heavy (non-hydrogen) atoms. The summed E-state index contributed by atoms with van der Waals surface area (Å²) in [5.74, 6) is 0. The average Bonchev–Trinajstić information content (AvgIpc) is 2.33. The predicted octanol–water partition coefficient (Wildman–Crippen LogP) is 2.16. The first-order chi connectivity index (χ1) is 8.24. The van der Waals surface area contributed by atoms with Gasteiger partial charge in [0.1, 0.15) is 5.15 Å². The Hall–Kier alpha value is -1.52. The predicted molar refractivity (Wildman–Crippen MR) is 66.5 cm³/mol. The Balaban J connectivity index is 1.93. The Morgan fingerprint density at radius 1 is 1.12 bits per heavy atom. The highest BCUT2D eigenvalue weighted by molar-refractivity contribution is 6.29. The van der Waals surface area contributed by atoms with Crippen LogP contribution in [0.1, 0.15) is 11.3 Å². The van der Waals surface area contributed by atoms with Crippen LogP contribution in [0.3, 0.4) is 0 Å². The van der Waals surface area contributed by atoms with Crippen molar-refractivity contribution in [3.05, 3.63) is 53.3 Å². The molecule has 0 aliphatic rings. The summed E-state index contributed by atoms with van der Waals surface area (Å²) in [7, 11) is 2.04. The molecule has 2 rings (SSSR count). The lowest BCUT2D eigenvalue weighted by atomic mass is 10.2. The second-order valence-corrected chi connectivity index (χ2v) is 4.25. The molecule has 2 aromatic rings. The zero-order valence-electron chi connectivity index (χ0n) is 9.55. The van der Waals surface area contributed by atoms with Gasteiger partial charge in [-0.1, -0.05) is 11.6 Å². The Labute approximate surface area is 105 Å². The SMILES string of the molecule is CN(Cc1ccncc1)Cc1cnc(Cl)cn1. The average molecular weight is 249 g/mol. The van der Waals surface area contributed by atoms with E-state index in [1.165, 1.54) is 5.56 Å². The molecule has 2 heterocycles. The molecule has 0 aliphatic heterocycles. The van der Waals surface area contributed by atoms with Gasteiger partial charge in [-0.3, -0.25) is 14.9 Å². The van der Waals surface area contributed by atoms with Crippen molar-refractivity contribution in [3.63, 3.8) is 0 Å². The van der Waals surface area contributed by atoms with Crippen molar-refractivity contribution in [2.24, 2.45) is 0 Å². The van der Waals surface area contributed by atoms with Crippen LogP contribution >= 0.6 is 11.6 Å². The summed E-state index contributed by atoms with van der Waals surface area (Å²) in [6, 6.07) is 4.01. The molecule has 0 unspecified atom stereocenters. The number of aromatic nitrogens is 3. The zero-order valence-corrected chi connectivity index (χ0v) is 10.3. The molecule has 0 amide bonds. The summed E-state index contributed by atoms with van der Waals surface area (Å²) in [5, 5.41) is 0.422. The molecule has 0 fully saturated rings. The van der Waals surface area contributed by atoms with E-state index in [0.29, 0.717) is 5.15 Å². The third-order valence-corrected chi connectivity index (χ3v) is 2.50. The van der Waals surface area contributed by atoms with Crippen molar-refractivity contribution in [1.29, 1.82) is 0 Å². The number of halogens is 1. The van der Waals surface area contributed by atoms with Crippen LogP contribution in [-0.4, -0.2) is 26.9 Å². The van der Waals surface area contributed by atoms with Crippen LogP contribution in [0.25, 0.3) is 0 Å². The normalized spacial score (nSPS) is 10.8. The number of rotatable bonds is 4. The van der Waals surface area contributed by atoms with Crippen molar-refractivity contribution in [3.8, 4) is 0 Å². The van der Waals surface area contributed by atoms with Crippen LogP contribution in [0, 0.1) is 0 Å². The third kappa shape index (κ3) is 3.76. The highest BCUT2D eigenvalue weighted by Crippen LogP contribution is 2.06. The van der Waals surface area contributed by atoms with Crippen LogP contribution in [0.5, 0.6) is 0 Å². The summed E-state index contributed by atoms with van der Waals surface area (Å²) in [5.41, 5.74) is 2.13. The molecule has 4 nitrogen and oxygen atoms in total. The lowest BCUT2D eigenvalue weighted by Crippen LogP contribution is -2.18. The molecule has 0 spiro atoms. The second kappa shape index (κ2) is 5.70. The molecule has 2 aromatic heterocycles. The number of nitrogens with zero attached hydrogens (tertiary/aromatic N) is 4. The molecule has 5 heteroatoms. The minimum Gasteiger partial charge on any atom is -0.296 e. The fraction of sp³-hybridized carbons (Fsp3) is 0.250. The maximum atomic E-state index is 5.68. The molecular weight excluding hydrogens is 236 g/mol. The second-order valence-electron chi connectivity index (χ2n) is 3.86. The van der Waals surface area contributed by atoms with Gasteiger partial charge in [0.15, 0.2) is 0 Å². The highest BCUT2D eigenvalue weighted by atomic mass is 35.5. The lowest BCUT2D eigenvalue weighted by molar-refractivity contribution is 0.314. The van der Waals surface area contributed by atoms with Crippen LogP contribution in [-0.2, 0) is 13.1 Å².